The number of nitrogens with zero attached hydrogens (tertiary/aromatic N) is 2. The molecule has 2 fully saturated rings. The highest BCUT2D eigenvalue weighted by Gasteiger charge is 2.29. The molecule has 1 aliphatic heterocycles. The van der Waals surface area contributed by atoms with Crippen LogP contribution in [0.3, 0.4) is 0 Å². The molecule has 1 heterocycles. The van der Waals surface area contributed by atoms with Gasteiger partial charge in [-0.2, -0.15) is 4.31 Å². The molecule has 0 N–H and O–H groups in total. The molecular weight excluding hydrogens is 336 g/mol. The molecule has 1 saturated heterocycles. The van der Waals surface area contributed by atoms with Crippen LogP contribution in [-0.4, -0.2) is 49.7 Å². The first kappa shape index (κ1) is 18.4. The van der Waals surface area contributed by atoms with E-state index in [0.717, 1.165) is 51.6 Å². The van der Waals surface area contributed by atoms with E-state index in [-0.39, 0.29) is 16.8 Å². The Morgan fingerprint density at radius 1 is 0.960 bits per heavy atom. The van der Waals surface area contributed by atoms with Crippen LogP contribution in [0.1, 0.15) is 61.7 Å². The fourth-order valence-corrected chi connectivity index (χ4v) is 5.27. The average Bonchev–Trinajstić information content (AvgIpc) is 2.68. The van der Waals surface area contributed by atoms with Gasteiger partial charge in [-0.25, -0.2) is 8.42 Å². The Morgan fingerprint density at radius 3 is 2.12 bits per heavy atom. The summed E-state index contributed by atoms with van der Waals surface area (Å²) in [5.41, 5.74) is 0.571. The summed E-state index contributed by atoms with van der Waals surface area (Å²) in [5, 5.41) is 0. The highest BCUT2D eigenvalue weighted by atomic mass is 32.2. The van der Waals surface area contributed by atoms with Gasteiger partial charge in [-0.15, -0.1) is 0 Å². The van der Waals surface area contributed by atoms with E-state index in [2.05, 4.69) is 0 Å². The van der Waals surface area contributed by atoms with E-state index in [0.29, 0.717) is 5.56 Å². The monoisotopic (exact) mass is 364 g/mol. The maximum Gasteiger partial charge on any atom is 0.253 e. The maximum absolute atomic E-state index is 12.8. The van der Waals surface area contributed by atoms with Crippen LogP contribution in [0.5, 0.6) is 0 Å². The molecular formula is C19H28N2O3S. The second-order valence-corrected chi connectivity index (χ2v) is 9.19. The van der Waals surface area contributed by atoms with Crippen molar-refractivity contribution in [1.29, 1.82) is 0 Å². The number of piperidine rings is 1. The third-order valence-electron chi connectivity index (χ3n) is 5.51. The fraction of sp³-hybridized carbons (Fsp3) is 0.632. The molecule has 6 heteroatoms. The number of benzene rings is 1. The van der Waals surface area contributed by atoms with Gasteiger partial charge in [0.25, 0.3) is 5.91 Å². The van der Waals surface area contributed by atoms with Crippen LogP contribution in [0.15, 0.2) is 29.2 Å². The molecule has 0 spiro atoms. The molecule has 1 aromatic carbocycles. The topological polar surface area (TPSA) is 57.7 Å². The quantitative estimate of drug-likeness (QED) is 0.824. The normalized spacial score (nSPS) is 20.0. The zero-order valence-electron chi connectivity index (χ0n) is 15.0. The van der Waals surface area contributed by atoms with Crippen molar-refractivity contribution in [3.05, 3.63) is 29.8 Å². The van der Waals surface area contributed by atoms with Gasteiger partial charge in [0.2, 0.25) is 10.0 Å². The summed E-state index contributed by atoms with van der Waals surface area (Å²) >= 11 is 0. The van der Waals surface area contributed by atoms with E-state index in [4.69, 9.17) is 0 Å². The maximum atomic E-state index is 12.8. The van der Waals surface area contributed by atoms with Crippen molar-refractivity contribution in [2.45, 2.75) is 62.3 Å². The lowest BCUT2D eigenvalue weighted by atomic mass is 9.96. The number of hydrogen-bond donors (Lipinski definition) is 0. The molecule has 0 bridgehead atoms. The Kier molecular flexibility index (Phi) is 5.79. The van der Waals surface area contributed by atoms with E-state index < -0.39 is 10.0 Å². The van der Waals surface area contributed by atoms with E-state index in [1.807, 2.05) is 4.90 Å². The summed E-state index contributed by atoms with van der Waals surface area (Å²) in [7, 11) is -1.82. The van der Waals surface area contributed by atoms with Crippen LogP contribution < -0.4 is 0 Å². The van der Waals surface area contributed by atoms with Crippen molar-refractivity contribution in [1.82, 2.24) is 9.21 Å². The summed E-state index contributed by atoms with van der Waals surface area (Å²) in [6.07, 6.45) is 8.51. The number of hydrogen-bond acceptors (Lipinski definition) is 3. The lowest BCUT2D eigenvalue weighted by Crippen LogP contribution is -2.38. The first-order chi connectivity index (χ1) is 12.0. The van der Waals surface area contributed by atoms with Crippen LogP contribution in [0.4, 0.5) is 0 Å². The number of rotatable bonds is 4. The number of carbonyl (C=O) groups excluding carboxylic acids is 1. The molecule has 1 saturated carbocycles. The van der Waals surface area contributed by atoms with Crippen molar-refractivity contribution >= 4 is 15.9 Å². The van der Waals surface area contributed by atoms with Crippen LogP contribution in [0.2, 0.25) is 0 Å². The molecule has 138 valence electrons. The zero-order valence-corrected chi connectivity index (χ0v) is 15.8. The van der Waals surface area contributed by atoms with Crippen LogP contribution in [0, 0.1) is 0 Å². The summed E-state index contributed by atoms with van der Waals surface area (Å²) < 4.78 is 27.2. The Bertz CT molecular complexity index is 688. The molecule has 2 aliphatic rings. The van der Waals surface area contributed by atoms with Crippen molar-refractivity contribution in [2.75, 3.05) is 20.1 Å². The van der Waals surface area contributed by atoms with Crippen molar-refractivity contribution in [3.63, 3.8) is 0 Å². The van der Waals surface area contributed by atoms with E-state index in [9.17, 15) is 13.2 Å². The molecule has 25 heavy (non-hydrogen) atoms. The molecule has 1 amide bonds. The minimum Gasteiger partial charge on any atom is -0.339 e. The minimum absolute atomic E-state index is 0.00397. The van der Waals surface area contributed by atoms with Gasteiger partial charge >= 0.3 is 0 Å². The van der Waals surface area contributed by atoms with Gasteiger partial charge in [0.1, 0.15) is 0 Å². The highest BCUT2D eigenvalue weighted by molar-refractivity contribution is 7.89. The largest absolute Gasteiger partial charge is 0.339 e. The Balaban J connectivity index is 1.73. The van der Waals surface area contributed by atoms with Gasteiger partial charge in [-0.1, -0.05) is 19.3 Å². The van der Waals surface area contributed by atoms with Gasteiger partial charge in [-0.05, 0) is 56.4 Å². The standard InChI is InChI=1S/C19H28N2O3S/c1-20(17-8-4-2-5-9-17)25(23,24)18-12-10-16(11-13-18)19(22)21-14-6-3-7-15-21/h10-13,17H,2-9,14-15H2,1H3. The molecule has 3 rings (SSSR count). The SMILES string of the molecule is CN(C1CCCCC1)S(=O)(=O)c1ccc(C(=O)N2CCCCC2)cc1. The molecule has 0 radical (unpaired) electrons. The number of carbonyl (C=O) groups is 1. The van der Waals surface area contributed by atoms with Crippen LogP contribution >= 0.6 is 0 Å². The van der Waals surface area contributed by atoms with E-state index in [1.54, 1.807) is 31.3 Å². The van der Waals surface area contributed by atoms with Crippen LogP contribution in [-0.2, 0) is 10.0 Å². The predicted molar refractivity (Wildman–Crippen MR) is 98.0 cm³/mol. The summed E-state index contributed by atoms with van der Waals surface area (Å²) in [4.78, 5) is 14.6. The smallest absolute Gasteiger partial charge is 0.253 e. The van der Waals surface area contributed by atoms with Crippen molar-refractivity contribution in [2.24, 2.45) is 0 Å². The Morgan fingerprint density at radius 2 is 1.52 bits per heavy atom. The second-order valence-electron chi connectivity index (χ2n) is 7.19. The molecule has 5 nitrogen and oxygen atoms in total. The van der Waals surface area contributed by atoms with E-state index in [1.165, 1.54) is 17.1 Å². The Labute approximate surface area is 151 Å². The lowest BCUT2D eigenvalue weighted by Gasteiger charge is -2.30. The van der Waals surface area contributed by atoms with Crippen molar-refractivity contribution in [3.8, 4) is 0 Å². The average molecular weight is 365 g/mol. The van der Waals surface area contributed by atoms with Gasteiger partial charge in [0.15, 0.2) is 0 Å². The van der Waals surface area contributed by atoms with Gasteiger partial charge in [-0.3, -0.25) is 4.79 Å². The molecule has 1 aliphatic carbocycles. The third-order valence-corrected chi connectivity index (χ3v) is 7.43. The van der Waals surface area contributed by atoms with Crippen LogP contribution in [0.25, 0.3) is 0 Å². The Hall–Kier alpha value is -1.40. The highest BCUT2D eigenvalue weighted by Crippen LogP contribution is 2.26. The second kappa shape index (κ2) is 7.87. The number of sulfonamides is 1. The summed E-state index contributed by atoms with van der Waals surface area (Å²) in [6.45, 7) is 1.59. The number of amides is 1. The minimum atomic E-state index is -3.50. The predicted octanol–water partition coefficient (Wildman–Crippen LogP) is 3.27. The first-order valence-corrected chi connectivity index (χ1v) is 10.8. The molecule has 1 aromatic rings. The third kappa shape index (κ3) is 4.06. The summed E-state index contributed by atoms with van der Waals surface area (Å²) in [6, 6.07) is 6.54. The first-order valence-electron chi connectivity index (χ1n) is 9.37. The fourth-order valence-electron chi connectivity index (χ4n) is 3.86. The molecule has 0 atom stereocenters. The zero-order chi connectivity index (χ0) is 17.9. The van der Waals surface area contributed by atoms with Crippen molar-refractivity contribution < 1.29 is 13.2 Å². The summed E-state index contributed by atoms with van der Waals surface area (Å²) in [5.74, 6) is 0.00397. The molecule has 0 unspecified atom stereocenters. The lowest BCUT2D eigenvalue weighted by molar-refractivity contribution is 0.0724. The number of likely N-dealkylation sites (tertiary alicyclic amines) is 1. The van der Waals surface area contributed by atoms with E-state index >= 15 is 0 Å². The molecule has 0 aromatic heterocycles. The van der Waals surface area contributed by atoms with Gasteiger partial charge in [0.05, 0.1) is 4.90 Å². The van der Waals surface area contributed by atoms with Gasteiger partial charge in [0, 0.05) is 31.7 Å². The van der Waals surface area contributed by atoms with Gasteiger partial charge < -0.3 is 4.90 Å².